The Hall–Kier alpha value is -1.46. The second kappa shape index (κ2) is 6.81. The minimum Gasteiger partial charge on any atom is -0.369 e. The molecule has 1 saturated heterocycles. The van der Waals surface area contributed by atoms with Gasteiger partial charge in [0.25, 0.3) is 0 Å². The van der Waals surface area contributed by atoms with Crippen LogP contribution in [0.1, 0.15) is 25.5 Å². The van der Waals surface area contributed by atoms with Gasteiger partial charge >= 0.3 is 0 Å². The van der Waals surface area contributed by atoms with Gasteiger partial charge in [-0.3, -0.25) is 4.79 Å². The summed E-state index contributed by atoms with van der Waals surface area (Å²) in [6, 6.07) is 6.29. The summed E-state index contributed by atoms with van der Waals surface area (Å²) in [5.41, 5.74) is 0.815. The summed E-state index contributed by atoms with van der Waals surface area (Å²) in [6.07, 6.45) is 0.0227. The highest BCUT2D eigenvalue weighted by Crippen LogP contribution is 2.23. The first-order valence-corrected chi connectivity index (χ1v) is 6.95. The highest BCUT2D eigenvalue weighted by molar-refractivity contribution is 5.78. The number of halogens is 1. The summed E-state index contributed by atoms with van der Waals surface area (Å²) in [6.45, 7) is 5.87. The number of carbonyl (C=O) groups excluding carboxylic acids is 1. The summed E-state index contributed by atoms with van der Waals surface area (Å²) >= 11 is 0. The molecule has 1 unspecified atom stereocenters. The molecule has 1 heterocycles. The van der Waals surface area contributed by atoms with Gasteiger partial charge in [-0.2, -0.15) is 0 Å². The van der Waals surface area contributed by atoms with Gasteiger partial charge in [0.1, 0.15) is 12.4 Å². The molecule has 1 atom stereocenters. The molecule has 0 aliphatic carbocycles. The van der Waals surface area contributed by atoms with Crippen LogP contribution in [-0.2, 0) is 9.53 Å². The van der Waals surface area contributed by atoms with Crippen LogP contribution in [0.4, 0.5) is 4.39 Å². The van der Waals surface area contributed by atoms with Crippen molar-refractivity contribution in [3.05, 3.63) is 35.6 Å². The van der Waals surface area contributed by atoms with E-state index in [2.05, 4.69) is 5.32 Å². The molecule has 0 radical (unpaired) electrons. The van der Waals surface area contributed by atoms with Crippen molar-refractivity contribution >= 4 is 5.91 Å². The molecular weight excluding hydrogens is 259 g/mol. The molecule has 0 aromatic heterocycles. The number of rotatable bonds is 4. The number of hydrogen-bond donors (Lipinski definition) is 1. The normalized spacial score (nSPS) is 19.4. The van der Waals surface area contributed by atoms with Crippen molar-refractivity contribution in [2.45, 2.75) is 26.0 Å². The zero-order valence-corrected chi connectivity index (χ0v) is 11.9. The van der Waals surface area contributed by atoms with Crippen molar-refractivity contribution in [2.24, 2.45) is 0 Å². The average Bonchev–Trinajstić information content (AvgIpc) is 2.44. The van der Waals surface area contributed by atoms with Crippen LogP contribution in [0.3, 0.4) is 0 Å². The molecule has 110 valence electrons. The van der Waals surface area contributed by atoms with Crippen molar-refractivity contribution in [2.75, 3.05) is 26.2 Å². The minimum absolute atomic E-state index is 0.0227. The fraction of sp³-hybridized carbons (Fsp3) is 0.533. The molecule has 0 saturated carbocycles. The van der Waals surface area contributed by atoms with Gasteiger partial charge in [0, 0.05) is 19.6 Å². The minimum atomic E-state index is -0.279. The van der Waals surface area contributed by atoms with Gasteiger partial charge in [-0.15, -0.1) is 0 Å². The zero-order chi connectivity index (χ0) is 14.5. The van der Waals surface area contributed by atoms with E-state index in [0.717, 1.165) is 12.1 Å². The van der Waals surface area contributed by atoms with E-state index in [-0.39, 0.29) is 30.5 Å². The van der Waals surface area contributed by atoms with Crippen LogP contribution < -0.4 is 5.32 Å². The van der Waals surface area contributed by atoms with Crippen LogP contribution in [0.5, 0.6) is 0 Å². The quantitative estimate of drug-likeness (QED) is 0.913. The fourth-order valence-corrected chi connectivity index (χ4v) is 2.34. The Kier molecular flexibility index (Phi) is 5.09. The molecule has 1 aromatic carbocycles. The number of carbonyl (C=O) groups is 1. The Morgan fingerprint density at radius 2 is 2.35 bits per heavy atom. The Morgan fingerprint density at radius 3 is 3.05 bits per heavy atom. The Morgan fingerprint density at radius 1 is 1.55 bits per heavy atom. The molecule has 0 spiro atoms. The molecular formula is C15H21FN2O2. The first-order valence-electron chi connectivity index (χ1n) is 6.95. The van der Waals surface area contributed by atoms with Gasteiger partial charge in [-0.25, -0.2) is 4.39 Å². The summed E-state index contributed by atoms with van der Waals surface area (Å²) in [4.78, 5) is 14.0. The van der Waals surface area contributed by atoms with Gasteiger partial charge in [-0.05, 0) is 31.5 Å². The van der Waals surface area contributed by atoms with Crippen LogP contribution in [0.2, 0.25) is 0 Å². The van der Waals surface area contributed by atoms with Crippen molar-refractivity contribution < 1.29 is 13.9 Å². The van der Waals surface area contributed by atoms with E-state index < -0.39 is 0 Å². The Balaban J connectivity index is 2.10. The van der Waals surface area contributed by atoms with E-state index in [1.54, 1.807) is 11.0 Å². The van der Waals surface area contributed by atoms with Crippen LogP contribution in [0.15, 0.2) is 24.3 Å². The molecule has 1 N–H and O–H groups in total. The molecule has 5 heteroatoms. The second-order valence-corrected chi connectivity index (χ2v) is 5.22. The predicted octanol–water partition coefficient (Wildman–Crippen LogP) is 1.72. The molecule has 1 fully saturated rings. The van der Waals surface area contributed by atoms with Gasteiger partial charge in [0.15, 0.2) is 0 Å². The molecule has 2 rings (SSSR count). The van der Waals surface area contributed by atoms with Crippen molar-refractivity contribution in [3.8, 4) is 0 Å². The van der Waals surface area contributed by atoms with Crippen LogP contribution in [-0.4, -0.2) is 43.2 Å². The van der Waals surface area contributed by atoms with Crippen molar-refractivity contribution in [1.29, 1.82) is 0 Å². The van der Waals surface area contributed by atoms with E-state index >= 15 is 0 Å². The summed E-state index contributed by atoms with van der Waals surface area (Å²) in [7, 11) is 0. The highest BCUT2D eigenvalue weighted by Gasteiger charge is 2.28. The number of piperazine rings is 1. The first kappa shape index (κ1) is 14.9. The molecule has 1 amide bonds. The van der Waals surface area contributed by atoms with E-state index in [0.29, 0.717) is 13.1 Å². The molecule has 0 bridgehead atoms. The predicted molar refractivity (Wildman–Crippen MR) is 74.8 cm³/mol. The molecule has 1 aliphatic rings. The largest absolute Gasteiger partial charge is 0.369 e. The Bertz CT molecular complexity index is 465. The SMILES string of the molecule is CC(C)OCC(=O)N1CCNCC1c1cccc(F)c1. The van der Waals surface area contributed by atoms with E-state index in [9.17, 15) is 9.18 Å². The van der Waals surface area contributed by atoms with Gasteiger partial charge in [0.2, 0.25) is 5.91 Å². The topological polar surface area (TPSA) is 41.6 Å². The van der Waals surface area contributed by atoms with E-state index in [4.69, 9.17) is 4.74 Å². The highest BCUT2D eigenvalue weighted by atomic mass is 19.1. The summed E-state index contributed by atoms with van der Waals surface area (Å²) in [5.74, 6) is -0.326. The van der Waals surface area contributed by atoms with Crippen molar-refractivity contribution in [3.63, 3.8) is 0 Å². The molecule has 20 heavy (non-hydrogen) atoms. The maximum absolute atomic E-state index is 13.4. The fourth-order valence-electron chi connectivity index (χ4n) is 2.34. The zero-order valence-electron chi connectivity index (χ0n) is 11.9. The molecule has 1 aromatic rings. The third-order valence-corrected chi connectivity index (χ3v) is 3.34. The number of ether oxygens (including phenoxy) is 1. The van der Waals surface area contributed by atoms with Crippen LogP contribution in [0, 0.1) is 5.82 Å². The maximum Gasteiger partial charge on any atom is 0.249 e. The third-order valence-electron chi connectivity index (χ3n) is 3.34. The van der Waals surface area contributed by atoms with E-state index in [1.165, 1.54) is 12.1 Å². The lowest BCUT2D eigenvalue weighted by Crippen LogP contribution is -2.49. The number of hydrogen-bond acceptors (Lipinski definition) is 3. The van der Waals surface area contributed by atoms with Gasteiger partial charge in [0.05, 0.1) is 12.1 Å². The molecule has 4 nitrogen and oxygen atoms in total. The first-order chi connectivity index (χ1) is 9.58. The standard InChI is InChI=1S/C15H21FN2O2/c1-11(2)20-10-15(19)18-7-6-17-9-14(18)12-4-3-5-13(16)8-12/h3-5,8,11,14,17H,6-7,9-10H2,1-2H3. The van der Waals surface area contributed by atoms with E-state index in [1.807, 2.05) is 19.9 Å². The average molecular weight is 280 g/mol. The number of nitrogens with zero attached hydrogens (tertiary/aromatic N) is 1. The number of nitrogens with one attached hydrogen (secondary N) is 1. The van der Waals surface area contributed by atoms with Gasteiger partial charge in [-0.1, -0.05) is 12.1 Å². The molecule has 1 aliphatic heterocycles. The lowest BCUT2D eigenvalue weighted by atomic mass is 10.0. The smallest absolute Gasteiger partial charge is 0.249 e. The number of benzene rings is 1. The number of amides is 1. The lowest BCUT2D eigenvalue weighted by Gasteiger charge is -2.36. The Labute approximate surface area is 118 Å². The summed E-state index contributed by atoms with van der Waals surface area (Å²) < 4.78 is 18.7. The summed E-state index contributed by atoms with van der Waals surface area (Å²) in [5, 5.41) is 3.25. The van der Waals surface area contributed by atoms with Crippen molar-refractivity contribution in [1.82, 2.24) is 10.2 Å². The lowest BCUT2D eigenvalue weighted by molar-refractivity contribution is -0.141. The van der Waals surface area contributed by atoms with Crippen LogP contribution in [0.25, 0.3) is 0 Å². The van der Waals surface area contributed by atoms with Gasteiger partial charge < -0.3 is 15.0 Å². The maximum atomic E-state index is 13.4. The monoisotopic (exact) mass is 280 g/mol. The third kappa shape index (κ3) is 3.77. The second-order valence-electron chi connectivity index (χ2n) is 5.22. The van der Waals surface area contributed by atoms with Crippen LogP contribution >= 0.6 is 0 Å².